The first kappa shape index (κ1) is 11.2. The van der Waals surface area contributed by atoms with E-state index < -0.39 is 5.54 Å². The highest BCUT2D eigenvalue weighted by Crippen LogP contribution is 2.13. The smallest absolute Gasteiger partial charge is 0.239 e. The molecular formula is C10H16N2OS. The average molecular weight is 212 g/mol. The Balaban J connectivity index is 2.50. The van der Waals surface area contributed by atoms with Crippen LogP contribution in [-0.2, 0) is 11.3 Å². The normalized spacial score (nSPS) is 11.4. The van der Waals surface area contributed by atoms with Crippen molar-refractivity contribution >= 4 is 17.2 Å². The van der Waals surface area contributed by atoms with Crippen LogP contribution in [-0.4, -0.2) is 11.4 Å². The molecule has 0 bridgehead atoms. The Labute approximate surface area is 88.3 Å². The van der Waals surface area contributed by atoms with Crippen LogP contribution in [0.15, 0.2) is 10.8 Å². The molecular weight excluding hydrogens is 196 g/mol. The highest BCUT2D eigenvalue weighted by atomic mass is 32.1. The van der Waals surface area contributed by atoms with Gasteiger partial charge < -0.3 is 11.1 Å². The number of hydrogen-bond donors (Lipinski definition) is 2. The summed E-state index contributed by atoms with van der Waals surface area (Å²) in [5.41, 5.74) is 7.22. The number of carbonyl (C=O) groups excluding carboxylic acids is 1. The lowest BCUT2D eigenvalue weighted by Crippen LogP contribution is -2.48. The summed E-state index contributed by atoms with van der Waals surface area (Å²) in [4.78, 5) is 11.4. The molecule has 0 spiro atoms. The molecule has 0 saturated heterocycles. The Bertz CT molecular complexity index is 325. The van der Waals surface area contributed by atoms with Crippen molar-refractivity contribution in [3.05, 3.63) is 21.9 Å². The van der Waals surface area contributed by atoms with Crippen molar-refractivity contribution in [2.75, 3.05) is 0 Å². The molecule has 3 nitrogen and oxygen atoms in total. The molecule has 0 aliphatic rings. The average Bonchev–Trinajstić information content (AvgIpc) is 2.45. The maximum Gasteiger partial charge on any atom is 0.239 e. The highest BCUT2D eigenvalue weighted by molar-refractivity contribution is 7.08. The van der Waals surface area contributed by atoms with Gasteiger partial charge in [0.25, 0.3) is 0 Å². The topological polar surface area (TPSA) is 55.1 Å². The molecule has 1 heterocycles. The van der Waals surface area contributed by atoms with Crippen molar-refractivity contribution in [3.8, 4) is 0 Å². The number of carbonyl (C=O) groups is 1. The van der Waals surface area contributed by atoms with Gasteiger partial charge in [0.1, 0.15) is 0 Å². The molecule has 78 valence electrons. The van der Waals surface area contributed by atoms with Gasteiger partial charge in [0.2, 0.25) is 5.91 Å². The number of rotatable bonds is 3. The predicted octanol–water partition coefficient (Wildman–Crippen LogP) is 1.41. The monoisotopic (exact) mass is 212 g/mol. The molecule has 0 aliphatic carbocycles. The van der Waals surface area contributed by atoms with E-state index in [1.165, 1.54) is 5.56 Å². The Morgan fingerprint density at radius 2 is 2.21 bits per heavy atom. The summed E-state index contributed by atoms with van der Waals surface area (Å²) < 4.78 is 0. The third-order valence-corrected chi connectivity index (χ3v) is 2.90. The highest BCUT2D eigenvalue weighted by Gasteiger charge is 2.21. The number of hydrogen-bond acceptors (Lipinski definition) is 3. The second-order valence-electron chi connectivity index (χ2n) is 3.98. The minimum Gasteiger partial charge on any atom is -0.350 e. The summed E-state index contributed by atoms with van der Waals surface area (Å²) in [6, 6.07) is 0. The van der Waals surface area contributed by atoms with E-state index in [-0.39, 0.29) is 5.91 Å². The fraction of sp³-hybridized carbons (Fsp3) is 0.500. The van der Waals surface area contributed by atoms with Crippen LogP contribution in [0.1, 0.15) is 25.0 Å². The molecule has 0 fully saturated rings. The molecule has 0 atom stereocenters. The standard InChI is InChI=1S/C10H16N2OS/c1-7-5-14-6-8(7)4-12-9(13)10(2,3)11/h5-6H,4,11H2,1-3H3,(H,12,13). The molecule has 0 unspecified atom stereocenters. The summed E-state index contributed by atoms with van der Waals surface area (Å²) >= 11 is 1.64. The van der Waals surface area contributed by atoms with E-state index in [1.807, 2.05) is 12.3 Å². The van der Waals surface area contributed by atoms with E-state index in [2.05, 4.69) is 10.7 Å². The lowest BCUT2D eigenvalue weighted by atomic mass is 10.1. The quantitative estimate of drug-likeness (QED) is 0.796. The summed E-state index contributed by atoms with van der Waals surface area (Å²) in [6.45, 7) is 5.99. The van der Waals surface area contributed by atoms with E-state index >= 15 is 0 Å². The van der Waals surface area contributed by atoms with E-state index in [4.69, 9.17) is 5.73 Å². The van der Waals surface area contributed by atoms with Gasteiger partial charge in [-0.25, -0.2) is 0 Å². The predicted molar refractivity (Wildman–Crippen MR) is 59.2 cm³/mol. The molecule has 0 aliphatic heterocycles. The van der Waals surface area contributed by atoms with Gasteiger partial charge in [-0.1, -0.05) is 0 Å². The molecule has 1 rings (SSSR count). The third kappa shape index (κ3) is 2.82. The zero-order valence-corrected chi connectivity index (χ0v) is 9.57. The fourth-order valence-corrected chi connectivity index (χ4v) is 1.83. The molecule has 0 radical (unpaired) electrons. The van der Waals surface area contributed by atoms with Crippen LogP contribution in [0.4, 0.5) is 0 Å². The summed E-state index contributed by atoms with van der Waals surface area (Å²) in [6.07, 6.45) is 0. The van der Waals surface area contributed by atoms with E-state index in [0.717, 1.165) is 5.56 Å². The van der Waals surface area contributed by atoms with Crippen molar-refractivity contribution in [1.82, 2.24) is 5.32 Å². The second kappa shape index (κ2) is 4.11. The number of aryl methyl sites for hydroxylation is 1. The van der Waals surface area contributed by atoms with Crippen LogP contribution in [0.25, 0.3) is 0 Å². The van der Waals surface area contributed by atoms with Gasteiger partial charge in [-0.15, -0.1) is 0 Å². The SMILES string of the molecule is Cc1cscc1CNC(=O)C(C)(C)N. The van der Waals surface area contributed by atoms with Crippen LogP contribution < -0.4 is 11.1 Å². The first-order valence-electron chi connectivity index (χ1n) is 4.50. The number of amides is 1. The second-order valence-corrected chi connectivity index (χ2v) is 4.73. The Hall–Kier alpha value is -0.870. The van der Waals surface area contributed by atoms with Crippen molar-refractivity contribution < 1.29 is 4.79 Å². The van der Waals surface area contributed by atoms with Gasteiger partial charge in [0.05, 0.1) is 5.54 Å². The van der Waals surface area contributed by atoms with Gasteiger partial charge in [-0.2, -0.15) is 11.3 Å². The fourth-order valence-electron chi connectivity index (χ4n) is 0.971. The van der Waals surface area contributed by atoms with Crippen LogP contribution >= 0.6 is 11.3 Å². The van der Waals surface area contributed by atoms with E-state index in [1.54, 1.807) is 25.2 Å². The summed E-state index contributed by atoms with van der Waals surface area (Å²) in [7, 11) is 0. The zero-order chi connectivity index (χ0) is 10.8. The molecule has 3 N–H and O–H groups in total. The maximum absolute atomic E-state index is 11.4. The van der Waals surface area contributed by atoms with Crippen molar-refractivity contribution in [2.45, 2.75) is 32.9 Å². The lowest BCUT2D eigenvalue weighted by molar-refractivity contribution is -0.125. The van der Waals surface area contributed by atoms with Crippen LogP contribution in [0, 0.1) is 6.92 Å². The number of nitrogens with two attached hydrogens (primary N) is 1. The van der Waals surface area contributed by atoms with Crippen molar-refractivity contribution in [3.63, 3.8) is 0 Å². The first-order chi connectivity index (χ1) is 6.41. The molecule has 4 heteroatoms. The van der Waals surface area contributed by atoms with Gasteiger partial charge in [-0.05, 0) is 42.7 Å². The van der Waals surface area contributed by atoms with Gasteiger partial charge in [0, 0.05) is 6.54 Å². The van der Waals surface area contributed by atoms with Crippen LogP contribution in [0.5, 0.6) is 0 Å². The molecule has 1 amide bonds. The van der Waals surface area contributed by atoms with Crippen LogP contribution in [0.2, 0.25) is 0 Å². The minimum absolute atomic E-state index is 0.122. The van der Waals surface area contributed by atoms with Crippen LogP contribution in [0.3, 0.4) is 0 Å². The van der Waals surface area contributed by atoms with Gasteiger partial charge in [0.15, 0.2) is 0 Å². The van der Waals surface area contributed by atoms with Gasteiger partial charge >= 0.3 is 0 Å². The first-order valence-corrected chi connectivity index (χ1v) is 5.44. The summed E-state index contributed by atoms with van der Waals surface area (Å²) in [5.74, 6) is -0.122. The Kier molecular flexibility index (Phi) is 3.29. The third-order valence-electron chi connectivity index (χ3n) is 1.99. The Morgan fingerprint density at radius 1 is 1.57 bits per heavy atom. The molecule has 0 aromatic carbocycles. The number of nitrogens with one attached hydrogen (secondary N) is 1. The van der Waals surface area contributed by atoms with E-state index in [9.17, 15) is 4.79 Å². The molecule has 14 heavy (non-hydrogen) atoms. The summed E-state index contributed by atoms with van der Waals surface area (Å²) in [5, 5.41) is 6.91. The Morgan fingerprint density at radius 3 is 2.64 bits per heavy atom. The van der Waals surface area contributed by atoms with E-state index in [0.29, 0.717) is 6.54 Å². The molecule has 1 aromatic rings. The van der Waals surface area contributed by atoms with Crippen molar-refractivity contribution in [1.29, 1.82) is 0 Å². The zero-order valence-electron chi connectivity index (χ0n) is 8.76. The largest absolute Gasteiger partial charge is 0.350 e. The van der Waals surface area contributed by atoms with Gasteiger partial charge in [-0.3, -0.25) is 4.79 Å². The minimum atomic E-state index is -0.802. The maximum atomic E-state index is 11.4. The molecule has 1 aromatic heterocycles. The van der Waals surface area contributed by atoms with Crippen molar-refractivity contribution in [2.24, 2.45) is 5.73 Å². The number of thiophene rings is 1. The molecule has 0 saturated carbocycles. The lowest BCUT2D eigenvalue weighted by Gasteiger charge is -2.17.